The van der Waals surface area contributed by atoms with Gasteiger partial charge in [0, 0.05) is 11.7 Å². The normalized spacial score (nSPS) is 12.9. The van der Waals surface area contributed by atoms with E-state index in [9.17, 15) is 14.0 Å². The van der Waals surface area contributed by atoms with Gasteiger partial charge in [0.2, 0.25) is 5.91 Å². The molecule has 0 aliphatic rings. The van der Waals surface area contributed by atoms with Crippen molar-refractivity contribution in [3.05, 3.63) is 65.7 Å². The summed E-state index contributed by atoms with van der Waals surface area (Å²) in [4.78, 5) is 23.8. The van der Waals surface area contributed by atoms with Gasteiger partial charge in [-0.15, -0.1) is 10.2 Å². The van der Waals surface area contributed by atoms with Crippen molar-refractivity contribution in [2.45, 2.75) is 50.2 Å². The summed E-state index contributed by atoms with van der Waals surface area (Å²) in [5.41, 5.74) is 0.478. The monoisotopic (exact) mass is 472 g/mol. The van der Waals surface area contributed by atoms with Crippen LogP contribution in [0.3, 0.4) is 0 Å². The standard InChI is InChI=1S/C23H25FN4O4S/c1-13(2)28-20(14(3)32-19-11-6-5-10-18(19)24)26-27-23(28)33-15(4)21(29)25-17-9-7-8-16(12-17)22(30)31/h5-15H,1-4H3,(H,25,29)(H,30,31). The summed E-state index contributed by atoms with van der Waals surface area (Å²) >= 11 is 1.22. The van der Waals surface area contributed by atoms with E-state index in [0.717, 1.165) is 0 Å². The van der Waals surface area contributed by atoms with Gasteiger partial charge < -0.3 is 19.7 Å². The second-order valence-electron chi connectivity index (χ2n) is 7.63. The molecule has 3 aromatic rings. The number of carboxylic acids is 1. The van der Waals surface area contributed by atoms with Gasteiger partial charge in [-0.3, -0.25) is 4.79 Å². The number of hydrogen-bond donors (Lipinski definition) is 2. The van der Waals surface area contributed by atoms with Crippen LogP contribution in [-0.2, 0) is 4.79 Å². The molecule has 3 rings (SSSR count). The predicted molar refractivity (Wildman–Crippen MR) is 123 cm³/mol. The van der Waals surface area contributed by atoms with Gasteiger partial charge in [0.05, 0.1) is 10.8 Å². The van der Waals surface area contributed by atoms with Crippen LogP contribution in [-0.4, -0.2) is 37.0 Å². The van der Waals surface area contributed by atoms with Crippen LogP contribution in [0.15, 0.2) is 53.7 Å². The van der Waals surface area contributed by atoms with Crippen LogP contribution in [0.25, 0.3) is 0 Å². The topological polar surface area (TPSA) is 106 Å². The van der Waals surface area contributed by atoms with E-state index in [-0.39, 0.29) is 23.3 Å². The van der Waals surface area contributed by atoms with Crippen LogP contribution in [0.1, 0.15) is 56.0 Å². The number of carbonyl (C=O) groups excluding carboxylic acids is 1. The van der Waals surface area contributed by atoms with E-state index in [2.05, 4.69) is 15.5 Å². The fourth-order valence-corrected chi connectivity index (χ4v) is 4.09. The number of amides is 1. The number of halogens is 1. The first-order valence-corrected chi connectivity index (χ1v) is 11.2. The molecule has 1 amide bonds. The zero-order chi connectivity index (χ0) is 24.1. The zero-order valence-corrected chi connectivity index (χ0v) is 19.5. The Kier molecular flexibility index (Phi) is 7.70. The van der Waals surface area contributed by atoms with Crippen molar-refractivity contribution in [3.63, 3.8) is 0 Å². The Morgan fingerprint density at radius 2 is 1.82 bits per heavy atom. The molecule has 0 aliphatic carbocycles. The lowest BCUT2D eigenvalue weighted by Gasteiger charge is -2.20. The van der Waals surface area contributed by atoms with Crippen molar-refractivity contribution in [3.8, 4) is 5.75 Å². The van der Waals surface area contributed by atoms with E-state index >= 15 is 0 Å². The molecule has 2 aromatic carbocycles. The maximum Gasteiger partial charge on any atom is 0.335 e. The second-order valence-corrected chi connectivity index (χ2v) is 8.94. The highest BCUT2D eigenvalue weighted by Crippen LogP contribution is 2.30. The predicted octanol–water partition coefficient (Wildman–Crippen LogP) is 4.96. The average Bonchev–Trinajstić information content (AvgIpc) is 3.19. The third-order valence-corrected chi connectivity index (χ3v) is 5.80. The van der Waals surface area contributed by atoms with Gasteiger partial charge in [0.25, 0.3) is 0 Å². The van der Waals surface area contributed by atoms with Crippen LogP contribution in [0.5, 0.6) is 5.75 Å². The van der Waals surface area contributed by atoms with E-state index in [1.807, 2.05) is 18.4 Å². The molecule has 33 heavy (non-hydrogen) atoms. The molecule has 1 heterocycles. The smallest absolute Gasteiger partial charge is 0.335 e. The molecule has 1 aromatic heterocycles. The van der Waals surface area contributed by atoms with Gasteiger partial charge in [0.15, 0.2) is 28.7 Å². The molecule has 2 unspecified atom stereocenters. The van der Waals surface area contributed by atoms with Gasteiger partial charge in [-0.05, 0) is 58.0 Å². The first-order chi connectivity index (χ1) is 15.7. The highest BCUT2D eigenvalue weighted by atomic mass is 32.2. The maximum atomic E-state index is 14.0. The van der Waals surface area contributed by atoms with Crippen molar-refractivity contribution in [1.82, 2.24) is 14.8 Å². The molecule has 174 valence electrons. The average molecular weight is 473 g/mol. The summed E-state index contributed by atoms with van der Waals surface area (Å²) in [5, 5.41) is 20.3. The quantitative estimate of drug-likeness (QED) is 0.424. The Morgan fingerprint density at radius 3 is 2.48 bits per heavy atom. The molecular formula is C23H25FN4O4S. The number of thioether (sulfide) groups is 1. The number of aromatic nitrogens is 3. The number of nitrogens with zero attached hydrogens (tertiary/aromatic N) is 3. The highest BCUT2D eigenvalue weighted by Gasteiger charge is 2.25. The Labute approximate surface area is 195 Å². The zero-order valence-electron chi connectivity index (χ0n) is 18.7. The van der Waals surface area contributed by atoms with Crippen molar-refractivity contribution in [1.29, 1.82) is 0 Å². The Bertz CT molecular complexity index is 1150. The molecular weight excluding hydrogens is 447 g/mol. The number of benzene rings is 2. The number of rotatable bonds is 9. The van der Waals surface area contributed by atoms with Gasteiger partial charge in [-0.25, -0.2) is 9.18 Å². The molecule has 0 fully saturated rings. The second kappa shape index (κ2) is 10.5. The van der Waals surface area contributed by atoms with Crippen LogP contribution < -0.4 is 10.1 Å². The molecule has 8 nitrogen and oxygen atoms in total. The van der Waals surface area contributed by atoms with Crippen LogP contribution >= 0.6 is 11.8 Å². The van der Waals surface area contributed by atoms with Crippen LogP contribution in [0, 0.1) is 5.82 Å². The number of carboxylic acid groups (broad SMARTS) is 1. The molecule has 0 saturated heterocycles. The minimum Gasteiger partial charge on any atom is -0.480 e. The van der Waals surface area contributed by atoms with Gasteiger partial charge in [-0.1, -0.05) is 30.0 Å². The Morgan fingerprint density at radius 1 is 1.09 bits per heavy atom. The number of para-hydroxylation sites is 1. The number of ether oxygens (including phenoxy) is 1. The van der Waals surface area contributed by atoms with E-state index in [0.29, 0.717) is 16.7 Å². The summed E-state index contributed by atoms with van der Waals surface area (Å²) in [6.07, 6.45) is -0.575. The lowest BCUT2D eigenvalue weighted by molar-refractivity contribution is -0.115. The Hall–Kier alpha value is -3.40. The SMILES string of the molecule is CC(Sc1nnc(C(C)Oc2ccccc2F)n1C(C)C)C(=O)Nc1cccc(C(=O)O)c1. The number of aromatic carboxylic acids is 1. The number of hydrogen-bond acceptors (Lipinski definition) is 6. The first kappa shape index (κ1) is 24.2. The molecule has 0 aliphatic heterocycles. The molecule has 0 radical (unpaired) electrons. The van der Waals surface area contributed by atoms with Crippen molar-refractivity contribution >= 4 is 29.3 Å². The number of nitrogens with one attached hydrogen (secondary N) is 1. The molecule has 0 spiro atoms. The van der Waals surface area contributed by atoms with Gasteiger partial charge in [-0.2, -0.15) is 0 Å². The minimum absolute atomic E-state index is 0.0355. The molecule has 0 bridgehead atoms. The molecule has 2 atom stereocenters. The summed E-state index contributed by atoms with van der Waals surface area (Å²) in [7, 11) is 0. The maximum absolute atomic E-state index is 14.0. The van der Waals surface area contributed by atoms with Crippen LogP contribution in [0.4, 0.5) is 10.1 Å². The van der Waals surface area contributed by atoms with Crippen molar-refractivity contribution in [2.75, 3.05) is 5.32 Å². The van der Waals surface area contributed by atoms with Crippen LogP contribution in [0.2, 0.25) is 0 Å². The first-order valence-electron chi connectivity index (χ1n) is 10.3. The minimum atomic E-state index is -1.07. The van der Waals surface area contributed by atoms with E-state index in [1.54, 1.807) is 44.2 Å². The largest absolute Gasteiger partial charge is 0.480 e. The van der Waals surface area contributed by atoms with Gasteiger partial charge in [0.1, 0.15) is 0 Å². The summed E-state index contributed by atoms with van der Waals surface area (Å²) in [5.74, 6) is -1.21. The lowest BCUT2D eigenvalue weighted by Crippen LogP contribution is -2.23. The van der Waals surface area contributed by atoms with E-state index in [4.69, 9.17) is 9.84 Å². The number of anilines is 1. The van der Waals surface area contributed by atoms with Crippen molar-refractivity contribution < 1.29 is 23.8 Å². The molecule has 0 saturated carbocycles. The highest BCUT2D eigenvalue weighted by molar-refractivity contribution is 8.00. The fraction of sp³-hybridized carbons (Fsp3) is 0.304. The van der Waals surface area contributed by atoms with Crippen molar-refractivity contribution in [2.24, 2.45) is 0 Å². The lowest BCUT2D eigenvalue weighted by atomic mass is 10.2. The Balaban J connectivity index is 1.74. The third kappa shape index (κ3) is 5.89. The summed E-state index contributed by atoms with van der Waals surface area (Å²) in [6, 6.07) is 12.1. The molecule has 10 heteroatoms. The van der Waals surface area contributed by atoms with Gasteiger partial charge >= 0.3 is 5.97 Å². The fourth-order valence-electron chi connectivity index (χ4n) is 3.10. The third-order valence-electron chi connectivity index (χ3n) is 4.74. The summed E-state index contributed by atoms with van der Waals surface area (Å²) < 4.78 is 21.6. The summed E-state index contributed by atoms with van der Waals surface area (Å²) in [6.45, 7) is 7.39. The van der Waals surface area contributed by atoms with E-state index < -0.39 is 23.1 Å². The molecule has 2 N–H and O–H groups in total. The number of carbonyl (C=O) groups is 2. The van der Waals surface area contributed by atoms with E-state index in [1.165, 1.54) is 30.0 Å².